The van der Waals surface area contributed by atoms with E-state index in [-0.39, 0.29) is 16.7 Å². The Balaban J connectivity index is 1.86. The van der Waals surface area contributed by atoms with E-state index in [1.165, 1.54) is 0 Å². The first kappa shape index (κ1) is 42.8. The van der Waals surface area contributed by atoms with E-state index < -0.39 is 60.5 Å². The zero-order valence-corrected chi connectivity index (χ0v) is 37.6. The van der Waals surface area contributed by atoms with E-state index in [1.54, 1.807) is 0 Å². The van der Waals surface area contributed by atoms with Gasteiger partial charge < -0.3 is 28.2 Å². The molecule has 3 aromatic carbocycles. The lowest BCUT2D eigenvalue weighted by molar-refractivity contribution is -0.324. The molecule has 0 aliphatic carbocycles. The molecule has 1 saturated heterocycles. The highest BCUT2D eigenvalue weighted by atomic mass is 28.4. The van der Waals surface area contributed by atoms with Gasteiger partial charge in [0.05, 0.1) is 6.61 Å². The normalized spacial score (nSPS) is 23.8. The Labute approximate surface area is 318 Å². The van der Waals surface area contributed by atoms with Crippen LogP contribution in [0.15, 0.2) is 91.0 Å². The third-order valence-electron chi connectivity index (χ3n) is 11.7. The second-order valence-electron chi connectivity index (χ2n) is 19.1. The zero-order chi connectivity index (χ0) is 38.8. The monoisotopic (exact) mass is 764 g/mol. The second kappa shape index (κ2) is 16.0. The van der Waals surface area contributed by atoms with Crippen LogP contribution in [0.3, 0.4) is 0 Å². The van der Waals surface area contributed by atoms with Crippen LogP contribution in [0.1, 0.15) is 65.2 Å². The second-order valence-corrected chi connectivity index (χ2v) is 34.3. The van der Waals surface area contributed by atoms with Crippen LogP contribution in [0, 0.1) is 0 Å². The largest absolute Gasteiger partial charge is 0.408 e. The molecule has 6 nitrogen and oxygen atoms in total. The minimum absolute atomic E-state index is 0.0732. The van der Waals surface area contributed by atoms with Crippen molar-refractivity contribution in [1.29, 1.82) is 0 Å². The Bertz CT molecular complexity index is 1450. The molecule has 0 spiro atoms. The highest BCUT2D eigenvalue weighted by Gasteiger charge is 2.59. The minimum atomic E-state index is -2.45. The summed E-state index contributed by atoms with van der Waals surface area (Å²) in [6.45, 7) is 31.9. The summed E-state index contributed by atoms with van der Waals surface area (Å²) in [6, 6.07) is 31.9. The summed E-state index contributed by atoms with van der Waals surface area (Å²) in [4.78, 5) is 0. The minimum Gasteiger partial charge on any atom is -0.408 e. The Morgan fingerprint density at radius 2 is 1.06 bits per heavy atom. The number of hydrogen-bond donors (Lipinski definition) is 1. The van der Waals surface area contributed by atoms with Gasteiger partial charge in [-0.15, -0.1) is 0 Å². The fourth-order valence-corrected chi connectivity index (χ4v) is 9.50. The van der Waals surface area contributed by atoms with E-state index in [9.17, 15) is 5.11 Å². The van der Waals surface area contributed by atoms with E-state index in [2.05, 4.69) is 124 Å². The van der Waals surface area contributed by atoms with Gasteiger partial charge in [-0.2, -0.15) is 0 Å². The van der Waals surface area contributed by atoms with E-state index in [0.29, 0.717) is 6.61 Å². The van der Waals surface area contributed by atoms with Crippen molar-refractivity contribution >= 4 is 24.7 Å². The Morgan fingerprint density at radius 1 is 0.654 bits per heavy atom. The molecule has 0 bridgehead atoms. The van der Waals surface area contributed by atoms with Gasteiger partial charge in [-0.1, -0.05) is 152 Å². The third-order valence-corrected chi connectivity index (χ3v) is 22.3. The maximum Gasteiger partial charge on any atom is 0.192 e. The van der Waals surface area contributed by atoms with Crippen molar-refractivity contribution in [2.45, 2.75) is 146 Å². The molecule has 1 N–H and O–H groups in total. The van der Waals surface area contributed by atoms with Gasteiger partial charge in [-0.3, -0.25) is 0 Å². The van der Waals surface area contributed by atoms with Crippen LogP contribution in [0.4, 0.5) is 0 Å². The lowest BCUT2D eigenvalue weighted by Gasteiger charge is -2.55. The standard InChI is InChI=1S/C43H68O6Si3/c1-40(2,3)51(11,12)48-37-38(49-52(13,14)41(4,5)6)42(7,44)36(47-39(37)45-30-31-50(8,9)10)32-46-43(33-24-18-15-19-25-33,34-26-20-16-21-27-34)35-28-22-17-23-29-35/h15-29,36-39,44H,30-32H2,1-14H3/t36-,37-,38-,39-,42+/m1/s1. The van der Waals surface area contributed by atoms with Gasteiger partial charge in [0.15, 0.2) is 22.9 Å². The molecule has 0 amide bonds. The highest BCUT2D eigenvalue weighted by Crippen LogP contribution is 2.47. The van der Waals surface area contributed by atoms with Crippen molar-refractivity contribution in [3.8, 4) is 0 Å². The van der Waals surface area contributed by atoms with Crippen LogP contribution in [0.25, 0.3) is 0 Å². The Kier molecular flexibility index (Phi) is 13.2. The molecular formula is C43H68O6Si3. The van der Waals surface area contributed by atoms with Crippen molar-refractivity contribution < 1.29 is 28.2 Å². The van der Waals surface area contributed by atoms with Gasteiger partial charge in [0.25, 0.3) is 0 Å². The maximum atomic E-state index is 13.0. The molecule has 5 atom stereocenters. The zero-order valence-electron chi connectivity index (χ0n) is 34.6. The highest BCUT2D eigenvalue weighted by molar-refractivity contribution is 6.76. The fraction of sp³-hybridized carbons (Fsp3) is 0.581. The summed E-state index contributed by atoms with van der Waals surface area (Å²) in [5.41, 5.74) is 0.482. The molecule has 1 heterocycles. The van der Waals surface area contributed by atoms with Crippen LogP contribution in [0.5, 0.6) is 0 Å². The number of hydrogen-bond acceptors (Lipinski definition) is 6. The summed E-state index contributed by atoms with van der Waals surface area (Å²) >= 11 is 0. The fourth-order valence-electron chi connectivity index (χ4n) is 6.14. The van der Waals surface area contributed by atoms with Crippen LogP contribution >= 0.6 is 0 Å². The molecular weight excluding hydrogens is 697 g/mol. The van der Waals surface area contributed by atoms with Crippen LogP contribution in [0.2, 0.25) is 61.9 Å². The van der Waals surface area contributed by atoms with Crippen LogP contribution in [-0.4, -0.2) is 73.2 Å². The van der Waals surface area contributed by atoms with Gasteiger partial charge in [0.1, 0.15) is 29.5 Å². The molecule has 1 fully saturated rings. The molecule has 0 unspecified atom stereocenters. The molecule has 0 aromatic heterocycles. The smallest absolute Gasteiger partial charge is 0.192 e. The van der Waals surface area contributed by atoms with Crippen molar-refractivity contribution in [2.24, 2.45) is 0 Å². The summed E-state index contributed by atoms with van der Waals surface area (Å²) in [5.74, 6) is 0. The molecule has 288 valence electrons. The molecule has 3 aromatic rings. The number of ether oxygens (including phenoxy) is 3. The van der Waals surface area contributed by atoms with Crippen molar-refractivity contribution in [3.05, 3.63) is 108 Å². The number of benzene rings is 3. The van der Waals surface area contributed by atoms with E-state index in [1.807, 2.05) is 61.5 Å². The topological polar surface area (TPSA) is 66.4 Å². The summed E-state index contributed by atoms with van der Waals surface area (Å²) < 4.78 is 35.6. The first-order chi connectivity index (χ1) is 23.9. The van der Waals surface area contributed by atoms with Gasteiger partial charge in [-0.05, 0) is 65.9 Å². The van der Waals surface area contributed by atoms with Crippen molar-refractivity contribution in [1.82, 2.24) is 0 Å². The average molecular weight is 765 g/mol. The van der Waals surface area contributed by atoms with E-state index >= 15 is 0 Å². The molecule has 1 aliphatic heterocycles. The lowest BCUT2D eigenvalue weighted by Crippen LogP contribution is -2.71. The summed E-state index contributed by atoms with van der Waals surface area (Å²) in [7, 11) is -6.28. The van der Waals surface area contributed by atoms with Gasteiger partial charge in [-0.25, -0.2) is 0 Å². The predicted octanol–water partition coefficient (Wildman–Crippen LogP) is 10.6. The van der Waals surface area contributed by atoms with Crippen LogP contribution in [-0.2, 0) is 28.7 Å². The molecule has 52 heavy (non-hydrogen) atoms. The van der Waals surface area contributed by atoms with Crippen LogP contribution < -0.4 is 0 Å². The molecule has 0 saturated carbocycles. The Morgan fingerprint density at radius 3 is 1.44 bits per heavy atom. The van der Waals surface area contributed by atoms with E-state index in [0.717, 1.165) is 22.7 Å². The van der Waals surface area contributed by atoms with Crippen molar-refractivity contribution in [3.63, 3.8) is 0 Å². The van der Waals surface area contributed by atoms with Gasteiger partial charge in [0, 0.05) is 14.7 Å². The first-order valence-corrected chi connectivity index (χ1v) is 28.6. The quantitative estimate of drug-likeness (QED) is 0.130. The molecule has 1 aliphatic rings. The Hall–Kier alpha value is -1.93. The maximum absolute atomic E-state index is 13.0. The first-order valence-electron chi connectivity index (χ1n) is 19.1. The molecule has 9 heteroatoms. The lowest BCUT2D eigenvalue weighted by atomic mass is 9.79. The van der Waals surface area contributed by atoms with Gasteiger partial charge >= 0.3 is 0 Å². The SMILES string of the molecule is CC(C)(C)[Si](C)(C)O[C@H]1[C@H](OCC[Si](C)(C)C)O[C@H](COC(c2ccccc2)(c2ccccc2)c2ccccc2)[C@](C)(O)[C@@H]1O[Si](C)(C)C(C)(C)C. The summed E-state index contributed by atoms with van der Waals surface area (Å²) in [6.07, 6.45) is -2.91. The van der Waals surface area contributed by atoms with E-state index in [4.69, 9.17) is 23.1 Å². The molecule has 4 rings (SSSR count). The predicted molar refractivity (Wildman–Crippen MR) is 223 cm³/mol. The number of rotatable bonds is 14. The number of aliphatic hydroxyl groups is 1. The third kappa shape index (κ3) is 9.65. The van der Waals surface area contributed by atoms with Crippen molar-refractivity contribution in [2.75, 3.05) is 13.2 Å². The molecule has 0 radical (unpaired) electrons. The average Bonchev–Trinajstić information content (AvgIpc) is 3.04. The van der Waals surface area contributed by atoms with Gasteiger partial charge in [0.2, 0.25) is 0 Å². The summed E-state index contributed by atoms with van der Waals surface area (Å²) in [5, 5.41) is 12.8.